The van der Waals surface area contributed by atoms with Crippen molar-refractivity contribution < 1.29 is 19.1 Å². The van der Waals surface area contributed by atoms with E-state index in [4.69, 9.17) is 9.47 Å². The molecule has 2 rings (SSSR count). The lowest BCUT2D eigenvalue weighted by atomic mass is 9.78. The second kappa shape index (κ2) is 8.71. The Bertz CT molecular complexity index is 572. The first-order valence-electron chi connectivity index (χ1n) is 8.60. The third-order valence-corrected chi connectivity index (χ3v) is 4.86. The van der Waals surface area contributed by atoms with Crippen LogP contribution in [0.2, 0.25) is 0 Å². The average molecular weight is 333 g/mol. The van der Waals surface area contributed by atoms with Crippen LogP contribution in [0.15, 0.2) is 24.3 Å². The third-order valence-electron chi connectivity index (χ3n) is 4.86. The first-order valence-corrected chi connectivity index (χ1v) is 8.60. The normalized spacial score (nSPS) is 23.4. The number of hydrogen-bond acceptors (Lipinski definition) is 4. The molecule has 24 heavy (non-hydrogen) atoms. The lowest BCUT2D eigenvalue weighted by molar-refractivity contribution is -0.150. The van der Waals surface area contributed by atoms with E-state index in [1.165, 1.54) is 6.42 Å². The molecule has 0 unspecified atom stereocenters. The van der Waals surface area contributed by atoms with E-state index in [0.717, 1.165) is 18.4 Å². The first-order chi connectivity index (χ1) is 11.5. The van der Waals surface area contributed by atoms with Crippen LogP contribution in [0.3, 0.4) is 0 Å². The van der Waals surface area contributed by atoms with Crippen molar-refractivity contribution in [3.8, 4) is 5.75 Å². The van der Waals surface area contributed by atoms with Crippen molar-refractivity contribution in [2.45, 2.75) is 46.1 Å². The monoisotopic (exact) mass is 333 g/mol. The van der Waals surface area contributed by atoms with Crippen LogP contribution in [0, 0.1) is 18.8 Å². The van der Waals surface area contributed by atoms with Crippen LogP contribution in [-0.4, -0.2) is 31.1 Å². The number of benzene rings is 1. The Morgan fingerprint density at radius 1 is 1.17 bits per heavy atom. The van der Waals surface area contributed by atoms with Crippen LogP contribution >= 0.6 is 0 Å². The van der Waals surface area contributed by atoms with Gasteiger partial charge < -0.3 is 14.8 Å². The van der Waals surface area contributed by atoms with Crippen LogP contribution in [0.4, 0.5) is 0 Å². The number of nitrogens with one attached hydrogen (secondary N) is 1. The Balaban J connectivity index is 1.69. The van der Waals surface area contributed by atoms with Gasteiger partial charge in [-0.15, -0.1) is 0 Å². The second-order valence-electron chi connectivity index (χ2n) is 6.66. The van der Waals surface area contributed by atoms with Crippen LogP contribution in [0.25, 0.3) is 0 Å². The van der Waals surface area contributed by atoms with Crippen molar-refractivity contribution in [3.63, 3.8) is 0 Å². The molecule has 0 heterocycles. The molecule has 132 valence electrons. The Morgan fingerprint density at radius 3 is 2.67 bits per heavy atom. The molecule has 1 aromatic carbocycles. The highest BCUT2D eigenvalue weighted by Gasteiger charge is 2.28. The summed E-state index contributed by atoms with van der Waals surface area (Å²) in [6.07, 6.45) is 3.32. The SMILES string of the molecule is Cc1ccccc1OCC(=O)OCC(=O)N[C@H]1CCC[C@H](C)[C@@H]1C. The molecule has 1 N–H and O–H groups in total. The summed E-state index contributed by atoms with van der Waals surface area (Å²) < 4.78 is 10.4. The lowest BCUT2D eigenvalue weighted by Gasteiger charge is -2.34. The minimum absolute atomic E-state index is 0.170. The van der Waals surface area contributed by atoms with Gasteiger partial charge in [0.15, 0.2) is 13.2 Å². The van der Waals surface area contributed by atoms with Crippen LogP contribution in [0.1, 0.15) is 38.7 Å². The van der Waals surface area contributed by atoms with E-state index in [1.54, 1.807) is 6.07 Å². The quantitative estimate of drug-likeness (QED) is 0.813. The highest BCUT2D eigenvalue weighted by molar-refractivity contribution is 5.81. The van der Waals surface area contributed by atoms with Crippen molar-refractivity contribution in [3.05, 3.63) is 29.8 Å². The highest BCUT2D eigenvalue weighted by atomic mass is 16.6. The molecule has 1 aromatic rings. The van der Waals surface area contributed by atoms with E-state index < -0.39 is 5.97 Å². The zero-order valence-corrected chi connectivity index (χ0v) is 14.7. The molecule has 0 aliphatic heterocycles. The van der Waals surface area contributed by atoms with Gasteiger partial charge in [0.25, 0.3) is 5.91 Å². The fourth-order valence-electron chi connectivity index (χ4n) is 3.08. The van der Waals surface area contributed by atoms with Crippen molar-refractivity contribution >= 4 is 11.9 Å². The van der Waals surface area contributed by atoms with E-state index >= 15 is 0 Å². The van der Waals surface area contributed by atoms with Gasteiger partial charge in [-0.3, -0.25) is 4.79 Å². The molecule has 1 amide bonds. The third kappa shape index (κ3) is 5.25. The van der Waals surface area contributed by atoms with Crippen molar-refractivity contribution in [1.29, 1.82) is 0 Å². The molecule has 0 saturated heterocycles. The fourth-order valence-corrected chi connectivity index (χ4v) is 3.08. The zero-order valence-electron chi connectivity index (χ0n) is 14.7. The van der Waals surface area contributed by atoms with Gasteiger partial charge in [0, 0.05) is 6.04 Å². The summed E-state index contributed by atoms with van der Waals surface area (Å²) in [5.74, 6) is 0.907. The predicted molar refractivity (Wildman–Crippen MR) is 91.7 cm³/mol. The minimum atomic E-state index is -0.543. The van der Waals surface area contributed by atoms with Crippen molar-refractivity contribution in [2.24, 2.45) is 11.8 Å². The Kier molecular flexibility index (Phi) is 6.64. The summed E-state index contributed by atoms with van der Waals surface area (Å²) in [7, 11) is 0. The molecule has 0 aromatic heterocycles. The Hall–Kier alpha value is -2.04. The molecule has 1 aliphatic carbocycles. The Labute approximate surface area is 143 Å². The van der Waals surface area contributed by atoms with Crippen LogP contribution < -0.4 is 10.1 Å². The molecular formula is C19H27NO4. The maximum absolute atomic E-state index is 12.0. The highest BCUT2D eigenvalue weighted by Crippen LogP contribution is 2.29. The maximum Gasteiger partial charge on any atom is 0.344 e. The summed E-state index contributed by atoms with van der Waals surface area (Å²) in [5.41, 5.74) is 0.948. The number of aryl methyl sites for hydroxylation is 1. The van der Waals surface area contributed by atoms with E-state index in [2.05, 4.69) is 19.2 Å². The first kappa shape index (κ1) is 18.3. The van der Waals surface area contributed by atoms with Gasteiger partial charge in [-0.05, 0) is 36.8 Å². The second-order valence-corrected chi connectivity index (χ2v) is 6.66. The van der Waals surface area contributed by atoms with Gasteiger partial charge in [-0.25, -0.2) is 4.79 Å². The zero-order chi connectivity index (χ0) is 17.5. The molecule has 0 spiro atoms. The van der Waals surface area contributed by atoms with Crippen LogP contribution in [-0.2, 0) is 14.3 Å². The largest absolute Gasteiger partial charge is 0.482 e. The average Bonchev–Trinajstić information content (AvgIpc) is 2.56. The maximum atomic E-state index is 12.0. The number of ether oxygens (including phenoxy) is 2. The molecule has 3 atom stereocenters. The lowest BCUT2D eigenvalue weighted by Crippen LogP contribution is -2.45. The predicted octanol–water partition coefficient (Wildman–Crippen LogP) is 2.86. The summed E-state index contributed by atoms with van der Waals surface area (Å²) >= 11 is 0. The van der Waals surface area contributed by atoms with Crippen molar-refractivity contribution in [1.82, 2.24) is 5.32 Å². The standard InChI is InChI=1S/C19H27NO4/c1-13-8-6-9-16(15(13)3)20-18(21)11-24-19(22)12-23-17-10-5-4-7-14(17)2/h4-5,7,10,13,15-16H,6,8-9,11-12H2,1-3H3,(H,20,21)/t13-,15-,16-/m0/s1. The van der Waals surface area contributed by atoms with E-state index in [0.29, 0.717) is 17.6 Å². The number of para-hydroxylation sites is 1. The molecule has 1 saturated carbocycles. The summed E-state index contributed by atoms with van der Waals surface area (Å²) in [4.78, 5) is 23.7. The number of rotatable bonds is 6. The number of carbonyl (C=O) groups excluding carboxylic acids is 2. The van der Waals surface area contributed by atoms with Gasteiger partial charge in [-0.1, -0.05) is 44.9 Å². The van der Waals surface area contributed by atoms with Gasteiger partial charge in [0.1, 0.15) is 5.75 Å². The topological polar surface area (TPSA) is 64.6 Å². The fraction of sp³-hybridized carbons (Fsp3) is 0.579. The van der Waals surface area contributed by atoms with Gasteiger partial charge in [-0.2, -0.15) is 0 Å². The molecule has 1 aliphatic rings. The van der Waals surface area contributed by atoms with E-state index in [-0.39, 0.29) is 25.2 Å². The van der Waals surface area contributed by atoms with E-state index in [9.17, 15) is 9.59 Å². The minimum Gasteiger partial charge on any atom is -0.482 e. The number of carbonyl (C=O) groups is 2. The molecule has 5 nitrogen and oxygen atoms in total. The molecule has 0 bridgehead atoms. The number of amides is 1. The van der Waals surface area contributed by atoms with Gasteiger partial charge >= 0.3 is 5.97 Å². The molecule has 0 radical (unpaired) electrons. The number of esters is 1. The van der Waals surface area contributed by atoms with Gasteiger partial charge in [0.05, 0.1) is 0 Å². The summed E-state index contributed by atoms with van der Waals surface area (Å²) in [6, 6.07) is 7.61. The molecule has 5 heteroatoms. The van der Waals surface area contributed by atoms with E-state index in [1.807, 2.05) is 25.1 Å². The Morgan fingerprint density at radius 2 is 1.92 bits per heavy atom. The van der Waals surface area contributed by atoms with Crippen LogP contribution in [0.5, 0.6) is 5.75 Å². The summed E-state index contributed by atoms with van der Waals surface area (Å²) in [6.45, 7) is 5.83. The molecule has 1 fully saturated rings. The van der Waals surface area contributed by atoms with Gasteiger partial charge in [0.2, 0.25) is 0 Å². The number of hydrogen-bond donors (Lipinski definition) is 1. The van der Waals surface area contributed by atoms with Crippen molar-refractivity contribution in [2.75, 3.05) is 13.2 Å². The smallest absolute Gasteiger partial charge is 0.344 e. The summed E-state index contributed by atoms with van der Waals surface area (Å²) in [5, 5.41) is 2.98. The molecular weight excluding hydrogens is 306 g/mol.